The van der Waals surface area contributed by atoms with Gasteiger partial charge in [-0.15, -0.1) is 11.3 Å². The molecule has 20 heavy (non-hydrogen) atoms. The molecule has 2 aromatic rings. The molecule has 0 aliphatic rings. The molecule has 0 aliphatic carbocycles. The number of benzene rings is 1. The monoisotopic (exact) mass is 286 g/mol. The first-order valence-corrected chi connectivity index (χ1v) is 7.65. The van der Waals surface area contributed by atoms with Crippen LogP contribution in [0, 0.1) is 11.3 Å². The van der Waals surface area contributed by atoms with Gasteiger partial charge in [-0.05, 0) is 24.5 Å². The smallest absolute Gasteiger partial charge is 0.140 e. The summed E-state index contributed by atoms with van der Waals surface area (Å²) in [5, 5.41) is 9.77. The number of aromatic nitrogens is 1. The van der Waals surface area contributed by atoms with Crippen molar-refractivity contribution in [1.29, 1.82) is 5.26 Å². The molecule has 3 nitrogen and oxygen atoms in total. The summed E-state index contributed by atoms with van der Waals surface area (Å²) in [4.78, 5) is 5.63. The van der Waals surface area contributed by atoms with Crippen LogP contribution in [0.1, 0.15) is 35.0 Å². The second-order valence-electron chi connectivity index (χ2n) is 4.42. The Hall–Kier alpha value is -1.86. The number of hydrogen-bond acceptors (Lipinski definition) is 4. The van der Waals surface area contributed by atoms with E-state index in [0.29, 0.717) is 13.0 Å². The molecule has 0 radical (unpaired) electrons. The van der Waals surface area contributed by atoms with Crippen molar-refractivity contribution < 1.29 is 4.74 Å². The highest BCUT2D eigenvalue weighted by Crippen LogP contribution is 2.23. The van der Waals surface area contributed by atoms with Crippen molar-refractivity contribution in [2.45, 2.75) is 39.7 Å². The molecule has 0 fully saturated rings. The lowest BCUT2D eigenvalue weighted by Crippen LogP contribution is -1.98. The number of para-hydroxylation sites is 1. The van der Waals surface area contributed by atoms with Crippen molar-refractivity contribution in [2.75, 3.05) is 0 Å². The van der Waals surface area contributed by atoms with E-state index in [0.717, 1.165) is 34.2 Å². The summed E-state index contributed by atoms with van der Waals surface area (Å²) in [7, 11) is 0. The van der Waals surface area contributed by atoms with Crippen molar-refractivity contribution in [3.8, 4) is 11.8 Å². The Kier molecular flexibility index (Phi) is 5.14. The minimum atomic E-state index is 0.437. The first-order chi connectivity index (χ1) is 9.78. The van der Waals surface area contributed by atoms with E-state index in [-0.39, 0.29) is 0 Å². The summed E-state index contributed by atoms with van der Waals surface area (Å²) in [5.74, 6) is 0.921. The Morgan fingerprint density at radius 1 is 1.25 bits per heavy atom. The lowest BCUT2D eigenvalue weighted by Gasteiger charge is -2.08. The molecule has 0 saturated heterocycles. The van der Waals surface area contributed by atoms with Crippen LogP contribution in [0.25, 0.3) is 0 Å². The van der Waals surface area contributed by atoms with E-state index in [1.54, 1.807) is 11.3 Å². The Morgan fingerprint density at radius 3 is 2.75 bits per heavy atom. The molecule has 0 aliphatic heterocycles. The van der Waals surface area contributed by atoms with Gasteiger partial charge in [-0.3, -0.25) is 0 Å². The zero-order chi connectivity index (χ0) is 14.4. The maximum atomic E-state index is 8.82. The number of nitrogens with zero attached hydrogens (tertiary/aromatic N) is 2. The average Bonchev–Trinajstić information content (AvgIpc) is 2.88. The highest BCUT2D eigenvalue weighted by molar-refractivity contribution is 7.11. The quantitative estimate of drug-likeness (QED) is 0.808. The standard InChI is InChI=1S/C16H18N2OS/c1-3-12-7-5-6-8-14(12)19-11-16-18-13(4-2)15(20-16)9-10-17/h5-8H,3-4,9,11H2,1-2H3. The minimum Gasteiger partial charge on any atom is -0.486 e. The van der Waals surface area contributed by atoms with E-state index in [1.165, 1.54) is 5.56 Å². The van der Waals surface area contributed by atoms with Crippen LogP contribution in [0.2, 0.25) is 0 Å². The molecule has 0 atom stereocenters. The summed E-state index contributed by atoms with van der Waals surface area (Å²) in [6.45, 7) is 4.65. The number of nitriles is 1. The van der Waals surface area contributed by atoms with Crippen LogP contribution < -0.4 is 4.74 Å². The van der Waals surface area contributed by atoms with Crippen LogP contribution in [0.4, 0.5) is 0 Å². The Bertz CT molecular complexity index is 613. The van der Waals surface area contributed by atoms with E-state index in [9.17, 15) is 0 Å². The minimum absolute atomic E-state index is 0.437. The van der Waals surface area contributed by atoms with Gasteiger partial charge in [0.05, 0.1) is 18.2 Å². The molecular weight excluding hydrogens is 268 g/mol. The van der Waals surface area contributed by atoms with Gasteiger partial charge in [0.25, 0.3) is 0 Å². The molecule has 0 saturated carbocycles. The zero-order valence-corrected chi connectivity index (χ0v) is 12.7. The van der Waals surface area contributed by atoms with Gasteiger partial charge in [0.1, 0.15) is 17.4 Å². The van der Waals surface area contributed by atoms with E-state index in [1.807, 2.05) is 18.2 Å². The van der Waals surface area contributed by atoms with Crippen LogP contribution in [0.15, 0.2) is 24.3 Å². The summed E-state index contributed by atoms with van der Waals surface area (Å²) < 4.78 is 5.87. The van der Waals surface area contributed by atoms with E-state index in [4.69, 9.17) is 10.00 Å². The maximum absolute atomic E-state index is 8.82. The first-order valence-electron chi connectivity index (χ1n) is 6.83. The van der Waals surface area contributed by atoms with E-state index >= 15 is 0 Å². The first kappa shape index (κ1) is 14.5. The third kappa shape index (κ3) is 3.37. The zero-order valence-electron chi connectivity index (χ0n) is 11.8. The molecule has 1 aromatic heterocycles. The van der Waals surface area contributed by atoms with Crippen molar-refractivity contribution in [3.63, 3.8) is 0 Å². The lowest BCUT2D eigenvalue weighted by atomic mass is 10.1. The van der Waals surface area contributed by atoms with Crippen LogP contribution >= 0.6 is 11.3 Å². The molecule has 0 spiro atoms. The number of thiazole rings is 1. The summed E-state index contributed by atoms with van der Waals surface area (Å²) in [6.07, 6.45) is 2.25. The predicted octanol–water partition coefficient (Wildman–Crippen LogP) is 3.91. The van der Waals surface area contributed by atoms with Gasteiger partial charge in [-0.25, -0.2) is 4.98 Å². The Balaban J connectivity index is 2.09. The third-order valence-corrected chi connectivity index (χ3v) is 4.17. The van der Waals surface area contributed by atoms with Crippen molar-refractivity contribution in [2.24, 2.45) is 0 Å². The fraction of sp³-hybridized carbons (Fsp3) is 0.375. The van der Waals surface area contributed by atoms with Gasteiger partial charge in [0.15, 0.2) is 0 Å². The highest BCUT2D eigenvalue weighted by Gasteiger charge is 2.10. The van der Waals surface area contributed by atoms with E-state index in [2.05, 4.69) is 31.0 Å². The van der Waals surface area contributed by atoms with Gasteiger partial charge in [-0.1, -0.05) is 32.0 Å². The topological polar surface area (TPSA) is 45.9 Å². The second kappa shape index (κ2) is 7.06. The molecule has 4 heteroatoms. The average molecular weight is 286 g/mol. The van der Waals surface area contributed by atoms with Crippen LogP contribution in [0.3, 0.4) is 0 Å². The normalized spacial score (nSPS) is 10.2. The molecule has 1 heterocycles. The Labute approximate surface area is 123 Å². The summed E-state index contributed by atoms with van der Waals surface area (Å²) in [6, 6.07) is 10.3. The molecule has 0 unspecified atom stereocenters. The number of ether oxygens (including phenoxy) is 1. The summed E-state index contributed by atoms with van der Waals surface area (Å²) in [5.41, 5.74) is 2.23. The van der Waals surface area contributed by atoms with Crippen molar-refractivity contribution in [1.82, 2.24) is 4.98 Å². The fourth-order valence-electron chi connectivity index (χ4n) is 2.06. The third-order valence-electron chi connectivity index (χ3n) is 3.10. The lowest BCUT2D eigenvalue weighted by molar-refractivity contribution is 0.302. The van der Waals surface area contributed by atoms with Gasteiger partial charge in [0, 0.05) is 4.88 Å². The SMILES string of the molecule is CCc1ccccc1OCc1nc(CC)c(CC#N)s1. The largest absolute Gasteiger partial charge is 0.486 e. The molecular formula is C16H18N2OS. The van der Waals surface area contributed by atoms with Crippen LogP contribution in [0.5, 0.6) is 5.75 Å². The maximum Gasteiger partial charge on any atom is 0.140 e. The van der Waals surface area contributed by atoms with Crippen molar-refractivity contribution in [3.05, 3.63) is 45.4 Å². The number of aryl methyl sites for hydroxylation is 2. The van der Waals surface area contributed by atoms with Crippen LogP contribution in [-0.2, 0) is 25.9 Å². The molecule has 1 aromatic carbocycles. The molecule has 0 bridgehead atoms. The number of rotatable bonds is 6. The summed E-state index contributed by atoms with van der Waals surface area (Å²) >= 11 is 1.58. The van der Waals surface area contributed by atoms with E-state index < -0.39 is 0 Å². The van der Waals surface area contributed by atoms with Crippen LogP contribution in [-0.4, -0.2) is 4.98 Å². The van der Waals surface area contributed by atoms with Crippen molar-refractivity contribution >= 4 is 11.3 Å². The molecule has 0 amide bonds. The molecule has 2 rings (SSSR count). The second-order valence-corrected chi connectivity index (χ2v) is 5.58. The van der Waals surface area contributed by atoms with Gasteiger partial charge < -0.3 is 4.74 Å². The molecule has 104 valence electrons. The fourth-order valence-corrected chi connectivity index (χ4v) is 3.06. The molecule has 0 N–H and O–H groups in total. The van der Waals surface area contributed by atoms with Gasteiger partial charge >= 0.3 is 0 Å². The Morgan fingerprint density at radius 2 is 2.05 bits per heavy atom. The van der Waals surface area contributed by atoms with Gasteiger partial charge in [0.2, 0.25) is 0 Å². The predicted molar refractivity (Wildman–Crippen MR) is 81.0 cm³/mol. The van der Waals surface area contributed by atoms with Gasteiger partial charge in [-0.2, -0.15) is 5.26 Å². The highest BCUT2D eigenvalue weighted by atomic mass is 32.1. The number of hydrogen-bond donors (Lipinski definition) is 0.